The van der Waals surface area contributed by atoms with E-state index in [1.807, 2.05) is 6.92 Å². The van der Waals surface area contributed by atoms with E-state index >= 15 is 0 Å². The zero-order chi connectivity index (χ0) is 9.40. The van der Waals surface area contributed by atoms with Crippen molar-refractivity contribution in [1.82, 2.24) is 10.6 Å². The highest BCUT2D eigenvalue weighted by Gasteiger charge is 2.05. The van der Waals surface area contributed by atoms with Crippen LogP contribution >= 0.6 is 0 Å². The maximum atomic E-state index is 10.8. The zero-order valence-corrected chi connectivity index (χ0v) is 7.72. The smallest absolute Gasteiger partial charge is 0.314 e. The van der Waals surface area contributed by atoms with E-state index in [0.717, 1.165) is 0 Å². The van der Waals surface area contributed by atoms with Gasteiger partial charge in [-0.25, -0.2) is 4.79 Å². The predicted molar refractivity (Wildman–Crippen MR) is 44.9 cm³/mol. The van der Waals surface area contributed by atoms with Gasteiger partial charge < -0.3 is 20.1 Å². The molecule has 0 heterocycles. The number of urea groups is 1. The molecule has 2 amide bonds. The maximum absolute atomic E-state index is 10.8. The predicted octanol–water partition coefficient (Wildman–Crippen LogP) is -0.0756. The molecule has 12 heavy (non-hydrogen) atoms. The summed E-state index contributed by atoms with van der Waals surface area (Å²) in [5.41, 5.74) is 0. The molecule has 0 rings (SSSR count). The number of rotatable bonds is 5. The molecule has 5 nitrogen and oxygen atoms in total. The first kappa shape index (κ1) is 11.2. The second-order valence-electron chi connectivity index (χ2n) is 2.14. The van der Waals surface area contributed by atoms with Crippen molar-refractivity contribution in [2.75, 3.05) is 27.3 Å². The number of hydrogen-bond donors (Lipinski definition) is 2. The second kappa shape index (κ2) is 6.87. The van der Waals surface area contributed by atoms with Gasteiger partial charge in [0.1, 0.15) is 0 Å². The van der Waals surface area contributed by atoms with Crippen molar-refractivity contribution in [3.63, 3.8) is 0 Å². The Labute approximate surface area is 72.4 Å². The quantitative estimate of drug-likeness (QED) is 0.576. The van der Waals surface area contributed by atoms with Gasteiger partial charge in [0.05, 0.1) is 6.54 Å². The van der Waals surface area contributed by atoms with E-state index in [4.69, 9.17) is 9.47 Å². The molecule has 0 spiro atoms. The van der Waals surface area contributed by atoms with Gasteiger partial charge in [0.2, 0.25) is 0 Å². The monoisotopic (exact) mass is 176 g/mol. The van der Waals surface area contributed by atoms with Crippen molar-refractivity contribution in [3.05, 3.63) is 0 Å². The minimum absolute atomic E-state index is 0.211. The van der Waals surface area contributed by atoms with E-state index in [1.165, 1.54) is 14.2 Å². The highest BCUT2D eigenvalue weighted by molar-refractivity contribution is 5.73. The van der Waals surface area contributed by atoms with E-state index in [0.29, 0.717) is 13.1 Å². The Balaban J connectivity index is 3.44. The number of carbonyl (C=O) groups is 1. The topological polar surface area (TPSA) is 59.6 Å². The van der Waals surface area contributed by atoms with Gasteiger partial charge >= 0.3 is 6.03 Å². The Morgan fingerprint density at radius 1 is 1.33 bits per heavy atom. The molecule has 0 aromatic rings. The van der Waals surface area contributed by atoms with Crippen LogP contribution in [-0.4, -0.2) is 39.6 Å². The maximum Gasteiger partial charge on any atom is 0.314 e. The molecule has 0 aromatic heterocycles. The van der Waals surface area contributed by atoms with Crippen LogP contribution in [0.25, 0.3) is 0 Å². The lowest BCUT2D eigenvalue weighted by molar-refractivity contribution is -0.0971. The number of hydrogen-bond acceptors (Lipinski definition) is 3. The number of methoxy groups -OCH3 is 2. The van der Waals surface area contributed by atoms with Crippen LogP contribution in [0, 0.1) is 0 Å². The van der Waals surface area contributed by atoms with Crippen molar-refractivity contribution in [2.45, 2.75) is 13.2 Å². The van der Waals surface area contributed by atoms with Crippen LogP contribution in [0.3, 0.4) is 0 Å². The highest BCUT2D eigenvalue weighted by Crippen LogP contribution is 1.86. The third-order valence-electron chi connectivity index (χ3n) is 1.29. The standard InChI is InChI=1S/C7H16N2O3/c1-4-8-7(10)9-5-6(11-2)12-3/h6H,4-5H2,1-3H3,(H2,8,9,10). The van der Waals surface area contributed by atoms with Gasteiger partial charge in [-0.15, -0.1) is 0 Å². The number of ether oxygens (including phenoxy) is 2. The first-order chi connectivity index (χ1) is 5.74. The lowest BCUT2D eigenvalue weighted by Crippen LogP contribution is -2.40. The van der Waals surface area contributed by atoms with E-state index in [-0.39, 0.29) is 12.3 Å². The Morgan fingerprint density at radius 3 is 2.33 bits per heavy atom. The van der Waals surface area contributed by atoms with Gasteiger partial charge in [0, 0.05) is 20.8 Å². The van der Waals surface area contributed by atoms with Crippen LogP contribution in [0.2, 0.25) is 0 Å². The molecular formula is C7H16N2O3. The van der Waals surface area contributed by atoms with E-state index in [1.54, 1.807) is 0 Å². The van der Waals surface area contributed by atoms with E-state index in [2.05, 4.69) is 10.6 Å². The van der Waals surface area contributed by atoms with Crippen LogP contribution in [0.1, 0.15) is 6.92 Å². The minimum atomic E-state index is -0.382. The van der Waals surface area contributed by atoms with Crippen molar-refractivity contribution >= 4 is 6.03 Å². The van der Waals surface area contributed by atoms with Crippen LogP contribution < -0.4 is 10.6 Å². The summed E-state index contributed by atoms with van der Waals surface area (Å²) in [5.74, 6) is 0. The summed E-state index contributed by atoms with van der Waals surface area (Å²) in [5, 5.41) is 5.17. The molecule has 0 atom stereocenters. The lowest BCUT2D eigenvalue weighted by atomic mass is 10.6. The van der Waals surface area contributed by atoms with Gasteiger partial charge in [-0.2, -0.15) is 0 Å². The summed E-state index contributed by atoms with van der Waals surface area (Å²) in [6, 6.07) is -0.211. The summed E-state index contributed by atoms with van der Waals surface area (Å²) in [6.07, 6.45) is -0.382. The third kappa shape index (κ3) is 4.92. The zero-order valence-electron chi connectivity index (χ0n) is 7.72. The van der Waals surface area contributed by atoms with Gasteiger partial charge in [0.25, 0.3) is 0 Å². The van der Waals surface area contributed by atoms with Crippen molar-refractivity contribution < 1.29 is 14.3 Å². The van der Waals surface area contributed by atoms with Gasteiger partial charge in [-0.3, -0.25) is 0 Å². The fraction of sp³-hybridized carbons (Fsp3) is 0.857. The third-order valence-corrected chi connectivity index (χ3v) is 1.29. The van der Waals surface area contributed by atoms with Crippen LogP contribution in [-0.2, 0) is 9.47 Å². The van der Waals surface area contributed by atoms with Crippen LogP contribution in [0.4, 0.5) is 4.79 Å². The number of amides is 2. The van der Waals surface area contributed by atoms with E-state index in [9.17, 15) is 4.79 Å². The van der Waals surface area contributed by atoms with Crippen molar-refractivity contribution in [2.24, 2.45) is 0 Å². The Morgan fingerprint density at radius 2 is 1.92 bits per heavy atom. The molecule has 0 aliphatic rings. The average molecular weight is 176 g/mol. The first-order valence-corrected chi connectivity index (χ1v) is 3.81. The second-order valence-corrected chi connectivity index (χ2v) is 2.14. The summed E-state index contributed by atoms with van der Waals surface area (Å²) in [4.78, 5) is 10.8. The van der Waals surface area contributed by atoms with Crippen molar-refractivity contribution in [1.29, 1.82) is 0 Å². The number of carbonyl (C=O) groups excluding carboxylic acids is 1. The van der Waals surface area contributed by atoms with Crippen LogP contribution in [0.15, 0.2) is 0 Å². The van der Waals surface area contributed by atoms with Gasteiger partial charge in [0.15, 0.2) is 6.29 Å². The SMILES string of the molecule is CCNC(=O)NCC(OC)OC. The Bertz CT molecular complexity index is 126. The summed E-state index contributed by atoms with van der Waals surface area (Å²) >= 11 is 0. The van der Waals surface area contributed by atoms with Gasteiger partial charge in [-0.1, -0.05) is 0 Å². The molecule has 72 valence electrons. The molecule has 5 heteroatoms. The summed E-state index contributed by atoms with van der Waals surface area (Å²) < 4.78 is 9.73. The van der Waals surface area contributed by atoms with Crippen LogP contribution in [0.5, 0.6) is 0 Å². The molecule has 0 fully saturated rings. The fourth-order valence-corrected chi connectivity index (χ4v) is 0.662. The summed E-state index contributed by atoms with van der Waals surface area (Å²) in [7, 11) is 3.04. The fourth-order valence-electron chi connectivity index (χ4n) is 0.662. The molecule has 0 saturated carbocycles. The summed E-state index contributed by atoms with van der Waals surface area (Å²) in [6.45, 7) is 2.80. The normalized spacial score (nSPS) is 10.0. The van der Waals surface area contributed by atoms with Gasteiger partial charge in [-0.05, 0) is 6.92 Å². The molecular weight excluding hydrogens is 160 g/mol. The molecule has 0 radical (unpaired) electrons. The van der Waals surface area contributed by atoms with Crippen molar-refractivity contribution in [3.8, 4) is 0 Å². The Kier molecular flexibility index (Phi) is 6.41. The number of nitrogens with one attached hydrogen (secondary N) is 2. The van der Waals surface area contributed by atoms with E-state index < -0.39 is 0 Å². The average Bonchev–Trinajstić information content (AvgIpc) is 2.07. The molecule has 2 N–H and O–H groups in total. The lowest BCUT2D eigenvalue weighted by Gasteiger charge is -2.13. The molecule has 0 aliphatic carbocycles. The minimum Gasteiger partial charge on any atom is -0.354 e. The molecule has 0 bridgehead atoms. The molecule has 0 saturated heterocycles. The highest BCUT2D eigenvalue weighted by atomic mass is 16.7. The first-order valence-electron chi connectivity index (χ1n) is 3.81. The Hall–Kier alpha value is -0.810. The molecule has 0 unspecified atom stereocenters. The molecule has 0 aromatic carbocycles. The molecule has 0 aliphatic heterocycles. The largest absolute Gasteiger partial charge is 0.354 e.